The molecule has 2 aromatic carbocycles. The van der Waals surface area contributed by atoms with Crippen LogP contribution in [0.4, 0.5) is 4.79 Å². The lowest BCUT2D eigenvalue weighted by Crippen LogP contribution is -2.41. The van der Waals surface area contributed by atoms with Gasteiger partial charge in [-0.1, -0.05) is 59.6 Å². The molecule has 1 aliphatic rings. The van der Waals surface area contributed by atoms with Gasteiger partial charge in [-0.15, -0.1) is 0 Å². The Kier molecular flexibility index (Phi) is 11.8. The van der Waals surface area contributed by atoms with Crippen LogP contribution in [0.2, 0.25) is 10.0 Å². The quantitative estimate of drug-likeness (QED) is 0.107. The van der Waals surface area contributed by atoms with Crippen LogP contribution in [0.5, 0.6) is 5.88 Å². The van der Waals surface area contributed by atoms with Crippen LogP contribution < -0.4 is 26.7 Å². The number of fused-ring (bicyclic) bond motifs is 1. The lowest BCUT2D eigenvalue weighted by molar-refractivity contribution is -0.120. The van der Waals surface area contributed by atoms with Gasteiger partial charge in [0.2, 0.25) is 17.7 Å². The van der Waals surface area contributed by atoms with Gasteiger partial charge in [-0.2, -0.15) is 0 Å². The van der Waals surface area contributed by atoms with E-state index < -0.39 is 18.1 Å². The SMILES string of the molecule is COc1nc(-c2cccc(-c3cccc(-c4ccn5c(=O)c(CNC[C@@H](O)CC(N)=O)cnc5c4)c3Cl)c2Cl)ccc1CN(C[C@@H]1CCC(=O)N1)C(=O)O. The molecule has 0 aliphatic carbocycles. The van der Waals surface area contributed by atoms with E-state index >= 15 is 0 Å². The monoisotopic (exact) mass is 773 g/mol. The highest BCUT2D eigenvalue weighted by Crippen LogP contribution is 2.42. The van der Waals surface area contributed by atoms with Crippen LogP contribution >= 0.6 is 23.2 Å². The van der Waals surface area contributed by atoms with Crippen molar-refractivity contribution < 1.29 is 29.3 Å². The Bertz CT molecular complexity index is 2300. The van der Waals surface area contributed by atoms with Crippen LogP contribution in [0.25, 0.3) is 39.2 Å². The summed E-state index contributed by atoms with van der Waals surface area (Å²) in [6, 6.07) is 17.8. The number of ether oxygens (including phenoxy) is 1. The van der Waals surface area contributed by atoms with E-state index in [1.54, 1.807) is 30.5 Å². The van der Waals surface area contributed by atoms with Crippen molar-refractivity contribution in [1.82, 2.24) is 29.9 Å². The first-order chi connectivity index (χ1) is 25.9. The summed E-state index contributed by atoms with van der Waals surface area (Å²) in [4.78, 5) is 58.3. The first-order valence-electron chi connectivity index (χ1n) is 17.0. The predicted octanol–water partition coefficient (Wildman–Crippen LogP) is 4.49. The molecule has 1 aliphatic heterocycles. The number of aromatic nitrogens is 3. The van der Waals surface area contributed by atoms with Crippen molar-refractivity contribution in [2.45, 2.75) is 44.5 Å². The highest BCUT2D eigenvalue weighted by molar-refractivity contribution is 6.39. The van der Waals surface area contributed by atoms with Crippen molar-refractivity contribution in [3.05, 3.63) is 105 Å². The number of rotatable bonds is 14. The number of primary amides is 1. The Morgan fingerprint density at radius 1 is 1.06 bits per heavy atom. The summed E-state index contributed by atoms with van der Waals surface area (Å²) >= 11 is 14.1. The summed E-state index contributed by atoms with van der Waals surface area (Å²) in [6.07, 6.45) is 1.74. The Labute approximate surface area is 319 Å². The second-order valence-electron chi connectivity index (χ2n) is 12.9. The largest absolute Gasteiger partial charge is 0.481 e. The number of aliphatic hydroxyl groups excluding tert-OH is 1. The molecule has 2 atom stereocenters. The number of methoxy groups -OCH3 is 1. The van der Waals surface area contributed by atoms with Gasteiger partial charge in [0.15, 0.2) is 0 Å². The van der Waals surface area contributed by atoms with E-state index in [0.29, 0.717) is 73.2 Å². The molecule has 0 bridgehead atoms. The maximum Gasteiger partial charge on any atom is 0.407 e. The van der Waals surface area contributed by atoms with E-state index in [1.807, 2.05) is 36.4 Å². The second-order valence-corrected chi connectivity index (χ2v) is 13.6. The molecular weight excluding hydrogens is 737 g/mol. The lowest BCUT2D eigenvalue weighted by atomic mass is 9.97. The number of nitrogens with two attached hydrogens (primary N) is 1. The molecule has 5 aromatic rings. The molecule has 280 valence electrons. The van der Waals surface area contributed by atoms with E-state index in [0.717, 1.165) is 0 Å². The molecule has 3 amide bonds. The average Bonchev–Trinajstić information content (AvgIpc) is 3.56. The van der Waals surface area contributed by atoms with Gasteiger partial charge in [-0.05, 0) is 36.2 Å². The number of benzene rings is 2. The molecule has 3 aromatic heterocycles. The Morgan fingerprint density at radius 2 is 1.76 bits per heavy atom. The highest BCUT2D eigenvalue weighted by Gasteiger charge is 2.26. The molecule has 0 spiro atoms. The lowest BCUT2D eigenvalue weighted by Gasteiger charge is -2.23. The maximum absolute atomic E-state index is 13.2. The van der Waals surface area contributed by atoms with Crippen LogP contribution in [-0.4, -0.2) is 79.7 Å². The number of hydrogen-bond acceptors (Lipinski definition) is 9. The fraction of sp³-hybridized carbons (Fsp3) is 0.263. The molecule has 14 nitrogen and oxygen atoms in total. The molecule has 16 heteroatoms. The fourth-order valence-electron chi connectivity index (χ4n) is 6.39. The van der Waals surface area contributed by atoms with Crippen molar-refractivity contribution in [1.29, 1.82) is 0 Å². The predicted molar refractivity (Wildman–Crippen MR) is 203 cm³/mol. The first-order valence-corrected chi connectivity index (χ1v) is 17.8. The number of nitrogens with zero attached hydrogens (tertiary/aromatic N) is 4. The van der Waals surface area contributed by atoms with E-state index in [1.165, 1.54) is 22.6 Å². The first kappa shape index (κ1) is 38.2. The van der Waals surface area contributed by atoms with Crippen LogP contribution in [0, 0.1) is 0 Å². The molecule has 6 N–H and O–H groups in total. The minimum absolute atomic E-state index is 0.0102. The molecular formula is C38H37Cl2N7O7. The van der Waals surface area contributed by atoms with Gasteiger partial charge in [0.05, 0.1) is 41.9 Å². The summed E-state index contributed by atoms with van der Waals surface area (Å²) in [6.45, 7) is 0.371. The summed E-state index contributed by atoms with van der Waals surface area (Å²) in [7, 11) is 1.46. The molecule has 6 rings (SSSR count). The number of carboxylic acid groups (broad SMARTS) is 1. The van der Waals surface area contributed by atoms with Gasteiger partial charge in [0, 0.05) is 77.9 Å². The summed E-state index contributed by atoms with van der Waals surface area (Å²) in [5.74, 6) is -0.472. The number of halogens is 2. The Balaban J connectivity index is 1.24. The third-order valence-corrected chi connectivity index (χ3v) is 9.89. The molecule has 54 heavy (non-hydrogen) atoms. The van der Waals surface area contributed by atoms with Crippen LogP contribution in [-0.2, 0) is 22.7 Å². The van der Waals surface area contributed by atoms with Crippen LogP contribution in [0.15, 0.2) is 77.9 Å². The third-order valence-electron chi connectivity index (χ3n) is 9.08. The van der Waals surface area contributed by atoms with Gasteiger partial charge < -0.3 is 36.2 Å². The van der Waals surface area contributed by atoms with E-state index in [-0.39, 0.29) is 56.0 Å². The summed E-state index contributed by atoms with van der Waals surface area (Å²) in [5, 5.41) is 26.3. The third kappa shape index (κ3) is 8.47. The average molecular weight is 775 g/mol. The fourth-order valence-corrected chi connectivity index (χ4v) is 7.05. The van der Waals surface area contributed by atoms with Crippen LogP contribution in [0.1, 0.15) is 30.4 Å². The Morgan fingerprint density at radius 3 is 2.43 bits per heavy atom. The topological polar surface area (TPSA) is 201 Å². The number of nitrogens with one attached hydrogen (secondary N) is 2. The molecule has 1 fully saturated rings. The van der Waals surface area contributed by atoms with Gasteiger partial charge in [-0.25, -0.2) is 14.8 Å². The molecule has 0 saturated carbocycles. The molecule has 0 unspecified atom stereocenters. The summed E-state index contributed by atoms with van der Waals surface area (Å²) < 4.78 is 6.99. The Hall–Kier alpha value is -5.54. The maximum atomic E-state index is 13.2. The number of amides is 3. The van der Waals surface area contributed by atoms with E-state index in [2.05, 4.69) is 20.6 Å². The van der Waals surface area contributed by atoms with Crippen molar-refractivity contribution in [3.63, 3.8) is 0 Å². The van der Waals surface area contributed by atoms with Gasteiger partial charge >= 0.3 is 6.09 Å². The number of aliphatic hydroxyl groups is 1. The molecule has 4 heterocycles. The number of carbonyl (C=O) groups is 3. The minimum Gasteiger partial charge on any atom is -0.481 e. The van der Waals surface area contributed by atoms with Gasteiger partial charge in [0.1, 0.15) is 5.65 Å². The smallest absolute Gasteiger partial charge is 0.407 e. The normalized spacial score (nSPS) is 14.5. The number of pyridine rings is 2. The zero-order chi connectivity index (χ0) is 38.5. The zero-order valence-corrected chi connectivity index (χ0v) is 30.6. The van der Waals surface area contributed by atoms with Gasteiger partial charge in [0.25, 0.3) is 5.56 Å². The van der Waals surface area contributed by atoms with Gasteiger partial charge in [-0.3, -0.25) is 18.8 Å². The zero-order valence-electron chi connectivity index (χ0n) is 29.1. The number of hydrogen-bond donors (Lipinski definition) is 5. The molecule has 1 saturated heterocycles. The highest BCUT2D eigenvalue weighted by atomic mass is 35.5. The number of carbonyl (C=O) groups excluding carboxylic acids is 2. The van der Waals surface area contributed by atoms with Crippen molar-refractivity contribution in [2.24, 2.45) is 5.73 Å². The minimum atomic E-state index is -1.12. The van der Waals surface area contributed by atoms with Crippen molar-refractivity contribution in [2.75, 3.05) is 20.2 Å². The van der Waals surface area contributed by atoms with Crippen molar-refractivity contribution >= 4 is 46.8 Å². The summed E-state index contributed by atoms with van der Waals surface area (Å²) in [5.41, 5.74) is 9.97. The van der Waals surface area contributed by atoms with E-state index in [9.17, 15) is 29.4 Å². The van der Waals surface area contributed by atoms with Crippen molar-refractivity contribution in [3.8, 4) is 39.4 Å². The van der Waals surface area contributed by atoms with Crippen LogP contribution in [0.3, 0.4) is 0 Å². The standard InChI is InChI=1S/C38H37Cl2N7O7/c1-54-36-22(19-46(38(52)53)20-24-9-11-33(50)44-24)8-10-30(45-36)29-7-3-6-28(35(29)40)27-5-2-4-26(34(27)39)21-12-13-47-32(14-21)43-17-23(37(47)51)16-42-18-25(48)15-31(41)49/h2-8,10,12-14,17,24-25,42,48H,9,11,15-16,18-20H2,1H3,(H2,41,49)(H,44,50)(H,52,53)/t24-,25-/m0/s1. The molecule has 0 radical (unpaired) electrons. The second kappa shape index (κ2) is 16.6. The van der Waals surface area contributed by atoms with E-state index in [4.69, 9.17) is 33.7 Å².